The topological polar surface area (TPSA) is 62.2 Å². The molecule has 5 heteroatoms. The first kappa shape index (κ1) is 11.9. The number of aliphatic hydroxyl groups is 1. The van der Waals surface area contributed by atoms with Crippen LogP contribution in [0.25, 0.3) is 0 Å². The number of amides is 1. The number of aliphatic hydroxyl groups excluding tert-OH is 1. The van der Waals surface area contributed by atoms with Gasteiger partial charge in [-0.2, -0.15) is 0 Å². The van der Waals surface area contributed by atoms with Gasteiger partial charge in [-0.1, -0.05) is 18.5 Å². The highest BCUT2D eigenvalue weighted by Crippen LogP contribution is 2.13. The van der Waals surface area contributed by atoms with Crippen molar-refractivity contribution in [3.63, 3.8) is 0 Å². The lowest BCUT2D eigenvalue weighted by atomic mass is 10.2. The van der Waals surface area contributed by atoms with Crippen molar-refractivity contribution in [3.8, 4) is 0 Å². The SMILES string of the molecule is CCC(CO)NC(=O)c1cnccc1Cl. The first-order valence-corrected chi connectivity index (χ1v) is 5.08. The molecule has 0 saturated carbocycles. The minimum atomic E-state index is -0.311. The van der Waals surface area contributed by atoms with Gasteiger partial charge in [0.05, 0.1) is 23.2 Å². The minimum Gasteiger partial charge on any atom is -0.394 e. The molecule has 0 aliphatic rings. The largest absolute Gasteiger partial charge is 0.394 e. The van der Waals surface area contributed by atoms with Gasteiger partial charge in [-0.05, 0) is 12.5 Å². The third kappa shape index (κ3) is 3.18. The van der Waals surface area contributed by atoms with Crippen molar-refractivity contribution < 1.29 is 9.90 Å². The van der Waals surface area contributed by atoms with Crippen LogP contribution in [0.5, 0.6) is 0 Å². The summed E-state index contributed by atoms with van der Waals surface area (Å²) in [5, 5.41) is 11.9. The van der Waals surface area contributed by atoms with E-state index in [1.807, 2.05) is 6.92 Å². The van der Waals surface area contributed by atoms with Crippen LogP contribution in [0.2, 0.25) is 5.02 Å². The molecule has 0 saturated heterocycles. The van der Waals surface area contributed by atoms with Crippen LogP contribution in [0.4, 0.5) is 0 Å². The summed E-state index contributed by atoms with van der Waals surface area (Å²) in [6.45, 7) is 1.80. The van der Waals surface area contributed by atoms with Crippen molar-refractivity contribution in [2.24, 2.45) is 0 Å². The zero-order valence-electron chi connectivity index (χ0n) is 8.40. The Hall–Kier alpha value is -1.13. The summed E-state index contributed by atoms with van der Waals surface area (Å²) in [6, 6.07) is 1.31. The molecule has 1 heterocycles. The second kappa shape index (κ2) is 5.68. The summed E-state index contributed by atoms with van der Waals surface area (Å²) in [6.07, 6.45) is 3.59. The average molecular weight is 229 g/mol. The molecule has 1 unspecified atom stereocenters. The fourth-order valence-corrected chi connectivity index (χ4v) is 1.28. The van der Waals surface area contributed by atoms with Gasteiger partial charge in [0.25, 0.3) is 5.91 Å². The third-order valence-electron chi connectivity index (χ3n) is 2.06. The number of carbonyl (C=O) groups excluding carboxylic acids is 1. The first-order valence-electron chi connectivity index (χ1n) is 4.70. The molecule has 0 bridgehead atoms. The van der Waals surface area contributed by atoms with E-state index < -0.39 is 0 Å². The summed E-state index contributed by atoms with van der Waals surface area (Å²) in [4.78, 5) is 15.5. The summed E-state index contributed by atoms with van der Waals surface area (Å²) >= 11 is 5.83. The van der Waals surface area contributed by atoms with Crippen LogP contribution >= 0.6 is 11.6 Å². The molecule has 1 amide bonds. The smallest absolute Gasteiger partial charge is 0.254 e. The Morgan fingerprint density at radius 1 is 1.73 bits per heavy atom. The minimum absolute atomic E-state index is 0.0832. The monoisotopic (exact) mass is 228 g/mol. The van der Waals surface area contributed by atoms with Crippen molar-refractivity contribution in [1.29, 1.82) is 0 Å². The molecule has 0 spiro atoms. The van der Waals surface area contributed by atoms with Gasteiger partial charge in [-0.15, -0.1) is 0 Å². The standard InChI is InChI=1S/C10H13ClN2O2/c1-2-7(6-14)13-10(15)8-5-12-4-3-9(8)11/h3-5,7,14H,2,6H2,1H3,(H,13,15). The summed E-state index contributed by atoms with van der Waals surface area (Å²) in [7, 11) is 0. The molecule has 82 valence electrons. The Morgan fingerprint density at radius 2 is 2.47 bits per heavy atom. The summed E-state index contributed by atoms with van der Waals surface area (Å²) in [5.41, 5.74) is 0.325. The van der Waals surface area contributed by atoms with Crippen LogP contribution in [-0.4, -0.2) is 28.6 Å². The van der Waals surface area contributed by atoms with Crippen LogP contribution in [0.1, 0.15) is 23.7 Å². The zero-order valence-corrected chi connectivity index (χ0v) is 9.16. The Kier molecular flexibility index (Phi) is 4.52. The Bertz CT molecular complexity index is 340. The van der Waals surface area contributed by atoms with Gasteiger partial charge in [0.15, 0.2) is 0 Å². The molecule has 0 aliphatic carbocycles. The predicted octanol–water partition coefficient (Wildman–Crippen LogP) is 1.24. The summed E-state index contributed by atoms with van der Waals surface area (Å²) < 4.78 is 0. The van der Waals surface area contributed by atoms with E-state index >= 15 is 0 Å². The predicted molar refractivity (Wildman–Crippen MR) is 57.9 cm³/mol. The van der Waals surface area contributed by atoms with Crippen LogP contribution < -0.4 is 5.32 Å². The first-order chi connectivity index (χ1) is 7.19. The molecule has 15 heavy (non-hydrogen) atoms. The number of carbonyl (C=O) groups is 1. The number of pyridine rings is 1. The average Bonchev–Trinajstić information content (AvgIpc) is 2.26. The molecule has 1 atom stereocenters. The highest BCUT2D eigenvalue weighted by molar-refractivity contribution is 6.33. The van der Waals surface area contributed by atoms with Gasteiger partial charge in [0.1, 0.15) is 0 Å². The van der Waals surface area contributed by atoms with E-state index in [2.05, 4.69) is 10.3 Å². The van der Waals surface area contributed by atoms with E-state index in [0.717, 1.165) is 0 Å². The Balaban J connectivity index is 2.73. The number of aromatic nitrogens is 1. The molecule has 1 aromatic rings. The van der Waals surface area contributed by atoms with E-state index in [1.165, 1.54) is 12.4 Å². The molecule has 1 rings (SSSR count). The maximum atomic E-state index is 11.6. The van der Waals surface area contributed by atoms with Gasteiger partial charge < -0.3 is 10.4 Å². The van der Waals surface area contributed by atoms with Crippen LogP contribution in [0.15, 0.2) is 18.5 Å². The van der Waals surface area contributed by atoms with Gasteiger partial charge in [0, 0.05) is 12.4 Å². The number of hydrogen-bond donors (Lipinski definition) is 2. The van der Waals surface area contributed by atoms with Crippen LogP contribution in [0, 0.1) is 0 Å². The number of rotatable bonds is 4. The van der Waals surface area contributed by atoms with Gasteiger partial charge >= 0.3 is 0 Å². The van der Waals surface area contributed by atoms with E-state index in [9.17, 15) is 4.79 Å². The molecular weight excluding hydrogens is 216 g/mol. The Labute approximate surface area is 93.3 Å². The van der Waals surface area contributed by atoms with E-state index in [-0.39, 0.29) is 18.6 Å². The highest BCUT2D eigenvalue weighted by atomic mass is 35.5. The van der Waals surface area contributed by atoms with E-state index in [1.54, 1.807) is 6.07 Å². The summed E-state index contributed by atoms with van der Waals surface area (Å²) in [5.74, 6) is -0.311. The third-order valence-corrected chi connectivity index (χ3v) is 2.39. The normalized spacial score (nSPS) is 12.2. The van der Waals surface area contributed by atoms with Gasteiger partial charge in [-0.25, -0.2) is 0 Å². The molecule has 0 aromatic carbocycles. The molecule has 0 fully saturated rings. The number of nitrogens with one attached hydrogen (secondary N) is 1. The van der Waals surface area contributed by atoms with E-state index in [0.29, 0.717) is 17.0 Å². The van der Waals surface area contributed by atoms with Crippen molar-refractivity contribution >= 4 is 17.5 Å². The number of hydrogen-bond acceptors (Lipinski definition) is 3. The molecular formula is C10H13ClN2O2. The molecule has 0 radical (unpaired) electrons. The van der Waals surface area contributed by atoms with Crippen molar-refractivity contribution in [2.75, 3.05) is 6.61 Å². The van der Waals surface area contributed by atoms with E-state index in [4.69, 9.17) is 16.7 Å². The van der Waals surface area contributed by atoms with Gasteiger partial charge in [-0.3, -0.25) is 9.78 Å². The lowest BCUT2D eigenvalue weighted by molar-refractivity contribution is 0.0914. The molecule has 1 aromatic heterocycles. The van der Waals surface area contributed by atoms with Crippen molar-refractivity contribution in [1.82, 2.24) is 10.3 Å². The maximum Gasteiger partial charge on any atom is 0.254 e. The van der Waals surface area contributed by atoms with Crippen molar-refractivity contribution in [3.05, 3.63) is 29.0 Å². The second-order valence-corrected chi connectivity index (χ2v) is 3.52. The van der Waals surface area contributed by atoms with Crippen LogP contribution in [0.3, 0.4) is 0 Å². The molecule has 4 nitrogen and oxygen atoms in total. The lowest BCUT2D eigenvalue weighted by Gasteiger charge is -2.14. The highest BCUT2D eigenvalue weighted by Gasteiger charge is 2.13. The van der Waals surface area contributed by atoms with Gasteiger partial charge in [0.2, 0.25) is 0 Å². The fraction of sp³-hybridized carbons (Fsp3) is 0.400. The Morgan fingerprint density at radius 3 is 3.00 bits per heavy atom. The second-order valence-electron chi connectivity index (χ2n) is 3.12. The quantitative estimate of drug-likeness (QED) is 0.815. The number of nitrogens with zero attached hydrogens (tertiary/aromatic N) is 1. The molecule has 0 aliphatic heterocycles. The van der Waals surface area contributed by atoms with Crippen LogP contribution in [-0.2, 0) is 0 Å². The molecule has 2 N–H and O–H groups in total. The number of halogens is 1. The fourth-order valence-electron chi connectivity index (χ4n) is 1.08. The zero-order chi connectivity index (χ0) is 11.3. The maximum absolute atomic E-state index is 11.6. The van der Waals surface area contributed by atoms with Crippen molar-refractivity contribution in [2.45, 2.75) is 19.4 Å². The lowest BCUT2D eigenvalue weighted by Crippen LogP contribution is -2.37.